The van der Waals surface area contributed by atoms with Crippen LogP contribution in [0.25, 0.3) is 0 Å². The number of amides is 3. The Morgan fingerprint density at radius 3 is 2.31 bits per heavy atom. The second-order valence-electron chi connectivity index (χ2n) is 8.20. The number of rotatable bonds is 8. The Morgan fingerprint density at radius 1 is 1.03 bits per heavy atom. The minimum Gasteiger partial charge on any atom is -0.340 e. The van der Waals surface area contributed by atoms with E-state index in [0.29, 0.717) is 43.9 Å². The average molecular weight is 437 g/mol. The molecule has 0 aliphatic carbocycles. The Balaban J connectivity index is 1.71. The molecule has 1 heterocycles. The number of carbonyl (C=O) groups is 3. The third kappa shape index (κ3) is 6.65. The van der Waals surface area contributed by atoms with Crippen LogP contribution in [0.2, 0.25) is 0 Å². The number of carbonyl (C=O) groups excluding carboxylic acids is 3. The summed E-state index contributed by atoms with van der Waals surface area (Å²) in [6, 6.07) is 16.9. The van der Waals surface area contributed by atoms with Crippen LogP contribution in [0, 0.1) is 0 Å². The predicted octanol–water partition coefficient (Wildman–Crippen LogP) is 2.71. The SMILES string of the molecule is CC(=O)Nc1ccc(C(=O)N(CCC(=O)N2CCNCC2)C[C@H](C)c2ccccc2)cc1. The Kier molecular flexibility index (Phi) is 8.39. The average Bonchev–Trinajstić information content (AvgIpc) is 2.82. The first kappa shape index (κ1) is 23.5. The summed E-state index contributed by atoms with van der Waals surface area (Å²) in [4.78, 5) is 40.9. The van der Waals surface area contributed by atoms with Crippen molar-refractivity contribution in [2.45, 2.75) is 26.2 Å². The third-order valence-corrected chi connectivity index (χ3v) is 5.67. The van der Waals surface area contributed by atoms with Crippen LogP contribution in [0.15, 0.2) is 54.6 Å². The molecule has 0 radical (unpaired) electrons. The fourth-order valence-corrected chi connectivity index (χ4v) is 3.88. The summed E-state index contributed by atoms with van der Waals surface area (Å²) in [5.74, 6) is -0.0603. The number of nitrogens with one attached hydrogen (secondary N) is 2. The lowest BCUT2D eigenvalue weighted by atomic mass is 10.00. The van der Waals surface area contributed by atoms with E-state index < -0.39 is 0 Å². The van der Waals surface area contributed by atoms with Gasteiger partial charge in [0.15, 0.2) is 0 Å². The molecule has 1 saturated heterocycles. The number of nitrogens with zero attached hydrogens (tertiary/aromatic N) is 2. The highest BCUT2D eigenvalue weighted by atomic mass is 16.2. The van der Waals surface area contributed by atoms with Crippen molar-refractivity contribution in [1.82, 2.24) is 15.1 Å². The molecule has 2 N–H and O–H groups in total. The number of benzene rings is 2. The quantitative estimate of drug-likeness (QED) is 0.667. The Hall–Kier alpha value is -3.19. The van der Waals surface area contributed by atoms with Gasteiger partial charge < -0.3 is 20.4 Å². The summed E-state index contributed by atoms with van der Waals surface area (Å²) >= 11 is 0. The van der Waals surface area contributed by atoms with E-state index in [0.717, 1.165) is 18.7 Å². The fraction of sp³-hybridized carbons (Fsp3) is 0.400. The van der Waals surface area contributed by atoms with Crippen molar-refractivity contribution in [2.75, 3.05) is 44.6 Å². The van der Waals surface area contributed by atoms with Gasteiger partial charge in [0.1, 0.15) is 0 Å². The van der Waals surface area contributed by atoms with E-state index >= 15 is 0 Å². The van der Waals surface area contributed by atoms with Gasteiger partial charge in [-0.15, -0.1) is 0 Å². The maximum atomic E-state index is 13.3. The molecule has 32 heavy (non-hydrogen) atoms. The molecule has 0 spiro atoms. The fourth-order valence-electron chi connectivity index (χ4n) is 3.88. The van der Waals surface area contributed by atoms with Crippen LogP contribution in [0.4, 0.5) is 5.69 Å². The molecule has 7 nitrogen and oxygen atoms in total. The molecule has 0 aromatic heterocycles. The van der Waals surface area contributed by atoms with Gasteiger partial charge in [-0.25, -0.2) is 0 Å². The molecule has 1 aliphatic rings. The van der Waals surface area contributed by atoms with Crippen LogP contribution in [-0.2, 0) is 9.59 Å². The summed E-state index contributed by atoms with van der Waals surface area (Å²) < 4.78 is 0. The molecule has 170 valence electrons. The van der Waals surface area contributed by atoms with Gasteiger partial charge in [0.05, 0.1) is 0 Å². The zero-order valence-corrected chi connectivity index (χ0v) is 18.8. The molecule has 7 heteroatoms. The van der Waals surface area contributed by atoms with E-state index in [4.69, 9.17) is 0 Å². The predicted molar refractivity (Wildman–Crippen MR) is 126 cm³/mol. The molecule has 3 amide bonds. The molecule has 0 saturated carbocycles. The zero-order valence-electron chi connectivity index (χ0n) is 18.8. The van der Waals surface area contributed by atoms with Gasteiger partial charge in [0, 0.05) is 63.9 Å². The lowest BCUT2D eigenvalue weighted by molar-refractivity contribution is -0.132. The molecule has 1 atom stereocenters. The summed E-state index contributed by atoms with van der Waals surface area (Å²) in [5, 5.41) is 5.96. The number of hydrogen-bond acceptors (Lipinski definition) is 4. The number of anilines is 1. The second-order valence-corrected chi connectivity index (χ2v) is 8.20. The van der Waals surface area contributed by atoms with E-state index in [-0.39, 0.29) is 23.6 Å². The zero-order chi connectivity index (χ0) is 22.9. The molecule has 0 bridgehead atoms. The second kappa shape index (κ2) is 11.4. The van der Waals surface area contributed by atoms with Gasteiger partial charge >= 0.3 is 0 Å². The van der Waals surface area contributed by atoms with Crippen LogP contribution in [0.3, 0.4) is 0 Å². The van der Waals surface area contributed by atoms with Crippen molar-refractivity contribution < 1.29 is 14.4 Å². The molecule has 0 unspecified atom stereocenters. The van der Waals surface area contributed by atoms with Crippen LogP contribution in [0.1, 0.15) is 42.1 Å². The summed E-state index contributed by atoms with van der Waals surface area (Å²) in [6.07, 6.45) is 0.303. The van der Waals surface area contributed by atoms with Crippen molar-refractivity contribution >= 4 is 23.4 Å². The Bertz CT molecular complexity index is 909. The third-order valence-electron chi connectivity index (χ3n) is 5.67. The van der Waals surface area contributed by atoms with Crippen molar-refractivity contribution in [2.24, 2.45) is 0 Å². The normalized spacial score (nSPS) is 14.5. The van der Waals surface area contributed by atoms with E-state index in [1.807, 2.05) is 23.1 Å². The van der Waals surface area contributed by atoms with Gasteiger partial charge in [0.2, 0.25) is 11.8 Å². The van der Waals surface area contributed by atoms with Crippen LogP contribution in [-0.4, -0.2) is 66.8 Å². The molecular formula is C25H32N4O3. The van der Waals surface area contributed by atoms with Crippen LogP contribution >= 0.6 is 0 Å². The van der Waals surface area contributed by atoms with Gasteiger partial charge in [0.25, 0.3) is 5.91 Å². The van der Waals surface area contributed by atoms with E-state index in [9.17, 15) is 14.4 Å². The minimum atomic E-state index is -0.159. The van der Waals surface area contributed by atoms with Gasteiger partial charge in [-0.2, -0.15) is 0 Å². The van der Waals surface area contributed by atoms with Crippen LogP contribution < -0.4 is 10.6 Å². The van der Waals surface area contributed by atoms with E-state index in [1.54, 1.807) is 29.2 Å². The first-order valence-corrected chi connectivity index (χ1v) is 11.1. The highest BCUT2D eigenvalue weighted by Crippen LogP contribution is 2.19. The highest BCUT2D eigenvalue weighted by Gasteiger charge is 2.22. The largest absolute Gasteiger partial charge is 0.340 e. The van der Waals surface area contributed by atoms with Gasteiger partial charge in [-0.3, -0.25) is 14.4 Å². The Morgan fingerprint density at radius 2 is 1.69 bits per heavy atom. The smallest absolute Gasteiger partial charge is 0.253 e. The molecule has 3 rings (SSSR count). The topological polar surface area (TPSA) is 81.8 Å². The van der Waals surface area contributed by atoms with E-state index in [1.165, 1.54) is 6.92 Å². The summed E-state index contributed by atoms with van der Waals surface area (Å²) in [5.41, 5.74) is 2.33. The molecule has 2 aromatic rings. The molecule has 2 aromatic carbocycles. The molecule has 1 aliphatic heterocycles. The maximum Gasteiger partial charge on any atom is 0.253 e. The van der Waals surface area contributed by atoms with E-state index in [2.05, 4.69) is 29.7 Å². The first-order valence-electron chi connectivity index (χ1n) is 11.1. The minimum absolute atomic E-state index is 0.0812. The molecular weight excluding hydrogens is 404 g/mol. The standard InChI is InChI=1S/C25H32N4O3/c1-19(21-6-4-3-5-7-21)18-29(15-12-24(31)28-16-13-26-14-17-28)25(32)22-8-10-23(11-9-22)27-20(2)30/h3-11,19,26H,12-18H2,1-2H3,(H,27,30)/t19-/m0/s1. The summed E-state index contributed by atoms with van der Waals surface area (Å²) in [7, 11) is 0. The first-order chi connectivity index (χ1) is 15.4. The molecule has 1 fully saturated rings. The Labute approximate surface area is 189 Å². The van der Waals surface area contributed by atoms with Crippen molar-refractivity contribution in [3.63, 3.8) is 0 Å². The van der Waals surface area contributed by atoms with Crippen LogP contribution in [0.5, 0.6) is 0 Å². The summed E-state index contributed by atoms with van der Waals surface area (Å²) in [6.45, 7) is 7.45. The van der Waals surface area contributed by atoms with Crippen molar-refractivity contribution in [3.05, 3.63) is 65.7 Å². The maximum absolute atomic E-state index is 13.3. The highest BCUT2D eigenvalue weighted by molar-refractivity contribution is 5.95. The van der Waals surface area contributed by atoms with Crippen molar-refractivity contribution in [1.29, 1.82) is 0 Å². The monoisotopic (exact) mass is 436 g/mol. The van der Waals surface area contributed by atoms with Gasteiger partial charge in [-0.1, -0.05) is 37.3 Å². The number of piperazine rings is 1. The lowest BCUT2D eigenvalue weighted by Crippen LogP contribution is -2.47. The lowest BCUT2D eigenvalue weighted by Gasteiger charge is -2.30. The number of hydrogen-bond donors (Lipinski definition) is 2. The van der Waals surface area contributed by atoms with Gasteiger partial charge in [-0.05, 0) is 35.7 Å². The van der Waals surface area contributed by atoms with Crippen molar-refractivity contribution in [3.8, 4) is 0 Å².